The molecule has 0 aliphatic rings. The van der Waals surface area contributed by atoms with E-state index in [-0.39, 0.29) is 18.9 Å². The van der Waals surface area contributed by atoms with Crippen LogP contribution in [0.25, 0.3) is 0 Å². The van der Waals surface area contributed by atoms with Crippen LogP contribution in [0.4, 0.5) is 0 Å². The van der Waals surface area contributed by atoms with Crippen LogP contribution >= 0.6 is 11.8 Å². The zero-order chi connectivity index (χ0) is 10.8. The number of hydrogen-bond donors (Lipinski definition) is 3. The maximum atomic E-state index is 11.1. The van der Waals surface area contributed by atoms with Gasteiger partial charge in [0.05, 0.1) is 0 Å². The maximum Gasteiger partial charge on any atom is 0.245 e. The summed E-state index contributed by atoms with van der Waals surface area (Å²) >= 11 is 1.66. The van der Waals surface area contributed by atoms with E-state index in [0.29, 0.717) is 6.54 Å². The molecule has 5 nitrogen and oxygen atoms in total. The van der Waals surface area contributed by atoms with Crippen LogP contribution in [0.2, 0.25) is 0 Å². The molecule has 0 saturated carbocycles. The number of nitrogens with one attached hydrogen (secondary N) is 2. The number of amides is 2. The summed E-state index contributed by atoms with van der Waals surface area (Å²) in [6.07, 6.45) is 2.22. The van der Waals surface area contributed by atoms with Gasteiger partial charge in [0.15, 0.2) is 0 Å². The molecule has 0 heterocycles. The minimum atomic E-state index is -0.534. The van der Waals surface area contributed by atoms with Gasteiger partial charge in [-0.05, 0) is 6.26 Å². The summed E-state index contributed by atoms with van der Waals surface area (Å²) < 4.78 is 0. The molecule has 0 fully saturated rings. The highest BCUT2D eigenvalue weighted by Gasteiger charge is 2.01. The summed E-state index contributed by atoms with van der Waals surface area (Å²) in [5.41, 5.74) is 0. The van der Waals surface area contributed by atoms with Crippen molar-refractivity contribution in [2.45, 2.75) is 6.42 Å². The van der Waals surface area contributed by atoms with Gasteiger partial charge in [-0.2, -0.15) is 11.8 Å². The van der Waals surface area contributed by atoms with Crippen molar-refractivity contribution in [3.05, 3.63) is 0 Å². The fourth-order valence-corrected chi connectivity index (χ4v) is 1.06. The number of hydrogen-bond acceptors (Lipinski definition) is 4. The average molecular weight is 220 g/mol. The Morgan fingerprint density at radius 3 is 2.43 bits per heavy atom. The highest BCUT2D eigenvalue weighted by atomic mass is 32.2. The fraction of sp³-hybridized carbons (Fsp3) is 0.750. The molecule has 0 aliphatic heterocycles. The normalized spacial score (nSPS) is 9.57. The van der Waals surface area contributed by atoms with Crippen LogP contribution in [0.5, 0.6) is 0 Å². The molecule has 0 bridgehead atoms. The molecule has 14 heavy (non-hydrogen) atoms. The summed E-state index contributed by atoms with van der Waals surface area (Å²) in [6.45, 7) is 0.381. The van der Waals surface area contributed by atoms with Gasteiger partial charge in [0.2, 0.25) is 11.8 Å². The Bertz CT molecular complexity index is 187. The van der Waals surface area contributed by atoms with Crippen LogP contribution in [0.3, 0.4) is 0 Å². The standard InChI is InChI=1S/C8H16N2O3S/c1-14-5-4-10-7(12)2-3-9-8(13)6-11/h11H,2-6H2,1H3,(H,9,13)(H,10,12). The van der Waals surface area contributed by atoms with E-state index in [2.05, 4.69) is 10.6 Å². The lowest BCUT2D eigenvalue weighted by Crippen LogP contribution is -2.32. The highest BCUT2D eigenvalue weighted by Crippen LogP contribution is 1.87. The van der Waals surface area contributed by atoms with Crippen LogP contribution in [0.15, 0.2) is 0 Å². The molecule has 0 rings (SSSR count). The predicted molar refractivity (Wildman–Crippen MR) is 56.1 cm³/mol. The van der Waals surface area contributed by atoms with Crippen molar-refractivity contribution in [3.63, 3.8) is 0 Å². The van der Waals surface area contributed by atoms with Gasteiger partial charge in [-0.25, -0.2) is 0 Å². The number of carbonyl (C=O) groups is 2. The maximum absolute atomic E-state index is 11.1. The third-order valence-electron chi connectivity index (χ3n) is 1.45. The van der Waals surface area contributed by atoms with Crippen molar-refractivity contribution < 1.29 is 14.7 Å². The number of thioether (sulfide) groups is 1. The average Bonchev–Trinajstić information content (AvgIpc) is 2.18. The molecule has 0 aromatic carbocycles. The van der Waals surface area contributed by atoms with Crippen molar-refractivity contribution in [2.24, 2.45) is 0 Å². The molecule has 82 valence electrons. The van der Waals surface area contributed by atoms with E-state index >= 15 is 0 Å². The molecule has 0 unspecified atom stereocenters. The first-order valence-electron chi connectivity index (χ1n) is 4.34. The Balaban J connectivity index is 3.31. The quantitative estimate of drug-likeness (QED) is 0.479. The van der Waals surface area contributed by atoms with Crippen LogP contribution in [-0.2, 0) is 9.59 Å². The van der Waals surface area contributed by atoms with E-state index < -0.39 is 12.5 Å². The van der Waals surface area contributed by atoms with E-state index in [1.54, 1.807) is 11.8 Å². The molecular formula is C8H16N2O3S. The third kappa shape index (κ3) is 7.88. The molecule has 3 N–H and O–H groups in total. The minimum Gasteiger partial charge on any atom is -0.387 e. The molecular weight excluding hydrogens is 204 g/mol. The molecule has 6 heteroatoms. The van der Waals surface area contributed by atoms with Crippen molar-refractivity contribution in [3.8, 4) is 0 Å². The Hall–Kier alpha value is -0.750. The molecule has 0 aromatic heterocycles. The van der Waals surface area contributed by atoms with E-state index in [1.165, 1.54) is 0 Å². The van der Waals surface area contributed by atoms with Crippen molar-refractivity contribution in [2.75, 3.05) is 31.7 Å². The van der Waals surface area contributed by atoms with Gasteiger partial charge in [0, 0.05) is 25.3 Å². The predicted octanol–water partition coefficient (Wildman–Crippen LogP) is -1.04. The van der Waals surface area contributed by atoms with Crippen molar-refractivity contribution in [1.29, 1.82) is 0 Å². The zero-order valence-electron chi connectivity index (χ0n) is 8.21. The van der Waals surface area contributed by atoms with Gasteiger partial charge >= 0.3 is 0 Å². The van der Waals surface area contributed by atoms with Gasteiger partial charge in [-0.3, -0.25) is 9.59 Å². The lowest BCUT2D eigenvalue weighted by molar-refractivity contribution is -0.124. The molecule has 0 saturated heterocycles. The second-order valence-corrected chi connectivity index (χ2v) is 3.59. The first kappa shape index (κ1) is 13.2. The highest BCUT2D eigenvalue weighted by molar-refractivity contribution is 7.98. The first-order chi connectivity index (χ1) is 6.70. The number of carbonyl (C=O) groups excluding carboxylic acids is 2. The minimum absolute atomic E-state index is 0.0858. The van der Waals surface area contributed by atoms with Crippen LogP contribution in [0, 0.1) is 0 Å². The molecule has 0 radical (unpaired) electrons. The molecule has 2 amide bonds. The molecule has 0 aromatic rings. The Labute approximate surface area is 87.6 Å². The zero-order valence-corrected chi connectivity index (χ0v) is 9.02. The summed E-state index contributed by atoms with van der Waals surface area (Å²) in [4.78, 5) is 21.6. The molecule has 0 spiro atoms. The lowest BCUT2D eigenvalue weighted by Gasteiger charge is -2.04. The largest absolute Gasteiger partial charge is 0.387 e. The van der Waals surface area contributed by atoms with Crippen molar-refractivity contribution >= 4 is 23.6 Å². The Morgan fingerprint density at radius 1 is 1.21 bits per heavy atom. The number of aliphatic hydroxyl groups is 1. The van der Waals surface area contributed by atoms with Gasteiger partial charge < -0.3 is 15.7 Å². The van der Waals surface area contributed by atoms with Crippen LogP contribution < -0.4 is 10.6 Å². The van der Waals surface area contributed by atoms with Gasteiger partial charge in [0.25, 0.3) is 0 Å². The number of aliphatic hydroxyl groups excluding tert-OH is 1. The van der Waals surface area contributed by atoms with E-state index in [9.17, 15) is 9.59 Å². The Kier molecular flexibility index (Phi) is 8.36. The summed E-state index contributed by atoms with van der Waals surface area (Å²) in [7, 11) is 0. The SMILES string of the molecule is CSCCNC(=O)CCNC(=O)CO. The first-order valence-corrected chi connectivity index (χ1v) is 5.73. The second-order valence-electron chi connectivity index (χ2n) is 2.60. The fourth-order valence-electron chi connectivity index (χ4n) is 0.752. The lowest BCUT2D eigenvalue weighted by atomic mass is 10.4. The second kappa shape index (κ2) is 8.83. The van der Waals surface area contributed by atoms with E-state index in [0.717, 1.165) is 5.75 Å². The van der Waals surface area contributed by atoms with Crippen LogP contribution in [-0.4, -0.2) is 48.6 Å². The topological polar surface area (TPSA) is 78.4 Å². The summed E-state index contributed by atoms with van der Waals surface area (Å²) in [6, 6.07) is 0. The van der Waals surface area contributed by atoms with Gasteiger partial charge in [-0.15, -0.1) is 0 Å². The van der Waals surface area contributed by atoms with E-state index in [4.69, 9.17) is 5.11 Å². The summed E-state index contributed by atoms with van der Waals surface area (Å²) in [5, 5.41) is 13.5. The molecule has 0 aliphatic carbocycles. The number of rotatable bonds is 7. The smallest absolute Gasteiger partial charge is 0.245 e. The van der Waals surface area contributed by atoms with E-state index in [1.807, 2.05) is 6.26 Å². The monoisotopic (exact) mass is 220 g/mol. The summed E-state index contributed by atoms with van der Waals surface area (Å²) in [5.74, 6) is 0.341. The third-order valence-corrected chi connectivity index (χ3v) is 2.06. The van der Waals surface area contributed by atoms with Gasteiger partial charge in [-0.1, -0.05) is 0 Å². The van der Waals surface area contributed by atoms with Crippen molar-refractivity contribution in [1.82, 2.24) is 10.6 Å². The van der Waals surface area contributed by atoms with Crippen LogP contribution in [0.1, 0.15) is 6.42 Å². The Morgan fingerprint density at radius 2 is 1.86 bits per heavy atom. The molecule has 0 atom stereocenters. The van der Waals surface area contributed by atoms with Gasteiger partial charge in [0.1, 0.15) is 6.61 Å².